The van der Waals surface area contributed by atoms with Crippen LogP contribution < -0.4 is 4.90 Å². The number of thiophene rings is 1. The minimum absolute atomic E-state index is 0.129. The lowest BCUT2D eigenvalue weighted by Gasteiger charge is -2.26. The maximum atomic E-state index is 11.9. The minimum atomic E-state index is -0.300. The summed E-state index contributed by atoms with van der Waals surface area (Å²) in [6.45, 7) is 3.99. The maximum Gasteiger partial charge on any atom is 0.325 e. The van der Waals surface area contributed by atoms with Gasteiger partial charge in [-0.15, -0.1) is 11.3 Å². The number of ether oxygens (including phenoxy) is 2. The number of aromatic nitrogens is 2. The molecule has 4 rings (SSSR count). The molecule has 2 aromatic heterocycles. The molecular weight excluding hydrogens is 388 g/mol. The summed E-state index contributed by atoms with van der Waals surface area (Å²) < 4.78 is 10.3. The molecule has 7 nitrogen and oxygen atoms in total. The highest BCUT2D eigenvalue weighted by Crippen LogP contribution is 2.38. The predicted molar refractivity (Wildman–Crippen MR) is 114 cm³/mol. The first-order chi connectivity index (χ1) is 14.2. The van der Waals surface area contributed by atoms with Crippen LogP contribution in [0.3, 0.4) is 0 Å². The smallest absolute Gasteiger partial charge is 0.325 e. The van der Waals surface area contributed by atoms with E-state index in [1.807, 2.05) is 30.1 Å². The minimum Gasteiger partial charge on any atom is -0.468 e. The summed E-state index contributed by atoms with van der Waals surface area (Å²) in [5, 5.41) is 3.08. The summed E-state index contributed by atoms with van der Waals surface area (Å²) in [4.78, 5) is 26.7. The first-order valence-corrected chi connectivity index (χ1v) is 10.4. The Morgan fingerprint density at radius 3 is 2.72 bits per heavy atom. The van der Waals surface area contributed by atoms with Gasteiger partial charge in [0.15, 0.2) is 0 Å². The standard InChI is InChI=1S/C21H24N4O3S/c1-24(13-18(26)27-2)20-19-16(15-6-4-3-5-7-15)14-29-21(19)23-17(22-20)12-25-8-10-28-11-9-25/h3-7,14H,8-13H2,1-2H3. The van der Waals surface area contributed by atoms with Crippen LogP contribution in [0.2, 0.25) is 0 Å². The summed E-state index contributed by atoms with van der Waals surface area (Å²) in [5.41, 5.74) is 2.19. The van der Waals surface area contributed by atoms with Gasteiger partial charge in [0.25, 0.3) is 0 Å². The van der Waals surface area contributed by atoms with Crippen LogP contribution in [0.15, 0.2) is 35.7 Å². The number of fused-ring (bicyclic) bond motifs is 1. The van der Waals surface area contributed by atoms with Gasteiger partial charge in [0, 0.05) is 31.1 Å². The Balaban J connectivity index is 1.77. The predicted octanol–water partition coefficient (Wildman–Crippen LogP) is 2.80. The molecule has 0 aliphatic carbocycles. The van der Waals surface area contributed by atoms with E-state index in [4.69, 9.17) is 19.4 Å². The van der Waals surface area contributed by atoms with Crippen molar-refractivity contribution in [2.75, 3.05) is 51.9 Å². The Kier molecular flexibility index (Phi) is 6.03. The lowest BCUT2D eigenvalue weighted by atomic mass is 10.1. The quantitative estimate of drug-likeness (QED) is 0.577. The number of esters is 1. The van der Waals surface area contributed by atoms with Crippen LogP contribution >= 0.6 is 11.3 Å². The lowest BCUT2D eigenvalue weighted by Crippen LogP contribution is -2.36. The van der Waals surface area contributed by atoms with E-state index < -0.39 is 0 Å². The van der Waals surface area contributed by atoms with E-state index in [1.54, 1.807) is 11.3 Å². The van der Waals surface area contributed by atoms with Gasteiger partial charge in [0.1, 0.15) is 23.0 Å². The molecule has 29 heavy (non-hydrogen) atoms. The molecule has 0 saturated carbocycles. The maximum absolute atomic E-state index is 11.9. The zero-order valence-corrected chi connectivity index (χ0v) is 17.4. The van der Waals surface area contributed by atoms with Crippen LogP contribution in [0.1, 0.15) is 5.82 Å². The topological polar surface area (TPSA) is 67.8 Å². The van der Waals surface area contributed by atoms with Gasteiger partial charge >= 0.3 is 5.97 Å². The summed E-state index contributed by atoms with van der Waals surface area (Å²) in [6.07, 6.45) is 0. The van der Waals surface area contributed by atoms with Crippen LogP contribution in [0.4, 0.5) is 5.82 Å². The number of carbonyl (C=O) groups is 1. The van der Waals surface area contributed by atoms with E-state index in [-0.39, 0.29) is 12.5 Å². The van der Waals surface area contributed by atoms with Crippen molar-refractivity contribution < 1.29 is 14.3 Å². The molecular formula is C21H24N4O3S. The summed E-state index contributed by atoms with van der Waals surface area (Å²) in [6, 6.07) is 10.2. The molecule has 0 atom stereocenters. The van der Waals surface area contributed by atoms with Crippen molar-refractivity contribution in [2.24, 2.45) is 0 Å². The molecule has 0 spiro atoms. The van der Waals surface area contributed by atoms with Gasteiger partial charge in [0.05, 0.1) is 32.3 Å². The largest absolute Gasteiger partial charge is 0.468 e. The van der Waals surface area contributed by atoms with E-state index in [9.17, 15) is 4.79 Å². The second-order valence-electron chi connectivity index (χ2n) is 6.98. The Morgan fingerprint density at radius 2 is 2.00 bits per heavy atom. The average molecular weight is 413 g/mol. The summed E-state index contributed by atoms with van der Waals surface area (Å²) in [7, 11) is 3.26. The van der Waals surface area contributed by atoms with Crippen LogP contribution in [0.5, 0.6) is 0 Å². The molecule has 1 saturated heterocycles. The molecule has 0 amide bonds. The van der Waals surface area contributed by atoms with Gasteiger partial charge in [0.2, 0.25) is 0 Å². The molecule has 3 heterocycles. The second kappa shape index (κ2) is 8.86. The molecule has 3 aromatic rings. The number of morpholine rings is 1. The number of hydrogen-bond acceptors (Lipinski definition) is 8. The summed E-state index contributed by atoms with van der Waals surface area (Å²) >= 11 is 1.60. The fourth-order valence-corrected chi connectivity index (χ4v) is 4.40. The van der Waals surface area contributed by atoms with E-state index in [0.29, 0.717) is 6.54 Å². The zero-order valence-electron chi connectivity index (χ0n) is 16.6. The zero-order chi connectivity index (χ0) is 20.2. The number of anilines is 1. The number of likely N-dealkylation sites (N-methyl/N-ethyl adjacent to an activating group) is 1. The molecule has 8 heteroatoms. The van der Waals surface area contributed by atoms with Gasteiger partial charge < -0.3 is 14.4 Å². The van der Waals surface area contributed by atoms with Crippen LogP contribution in [0.25, 0.3) is 21.3 Å². The highest BCUT2D eigenvalue weighted by molar-refractivity contribution is 7.17. The van der Waals surface area contributed by atoms with Crippen molar-refractivity contribution in [3.8, 4) is 11.1 Å². The first kappa shape index (κ1) is 19.8. The van der Waals surface area contributed by atoms with E-state index in [2.05, 4.69) is 22.4 Å². The Morgan fingerprint density at radius 1 is 1.24 bits per heavy atom. The van der Waals surface area contributed by atoms with Gasteiger partial charge in [-0.05, 0) is 5.56 Å². The fourth-order valence-electron chi connectivity index (χ4n) is 3.44. The van der Waals surface area contributed by atoms with E-state index in [1.165, 1.54) is 7.11 Å². The number of nitrogens with zero attached hydrogens (tertiary/aromatic N) is 4. The first-order valence-electron chi connectivity index (χ1n) is 9.57. The van der Waals surface area contributed by atoms with Crippen molar-refractivity contribution in [1.29, 1.82) is 0 Å². The molecule has 152 valence electrons. The van der Waals surface area contributed by atoms with Crippen molar-refractivity contribution >= 4 is 33.3 Å². The monoisotopic (exact) mass is 412 g/mol. The number of hydrogen-bond donors (Lipinski definition) is 0. The third-order valence-corrected chi connectivity index (χ3v) is 5.84. The molecule has 0 bridgehead atoms. The van der Waals surface area contributed by atoms with Gasteiger partial charge in [-0.3, -0.25) is 9.69 Å². The van der Waals surface area contributed by atoms with Gasteiger partial charge in [-0.25, -0.2) is 9.97 Å². The van der Waals surface area contributed by atoms with E-state index >= 15 is 0 Å². The molecule has 1 aliphatic heterocycles. The molecule has 0 unspecified atom stereocenters. The molecule has 1 aromatic carbocycles. The highest BCUT2D eigenvalue weighted by atomic mass is 32.1. The third kappa shape index (κ3) is 4.39. The van der Waals surface area contributed by atoms with E-state index in [0.717, 1.165) is 59.3 Å². The summed E-state index contributed by atoms with van der Waals surface area (Å²) in [5.74, 6) is 1.21. The van der Waals surface area contributed by atoms with Crippen LogP contribution in [-0.4, -0.2) is 67.8 Å². The molecule has 0 N–H and O–H groups in total. The highest BCUT2D eigenvalue weighted by Gasteiger charge is 2.21. The fraction of sp³-hybridized carbons (Fsp3) is 0.381. The van der Waals surface area contributed by atoms with Crippen LogP contribution in [-0.2, 0) is 20.8 Å². The normalized spacial score (nSPS) is 14.8. The Hall–Kier alpha value is -2.55. The van der Waals surface area contributed by atoms with Gasteiger partial charge in [-0.2, -0.15) is 0 Å². The van der Waals surface area contributed by atoms with Crippen molar-refractivity contribution in [2.45, 2.75) is 6.54 Å². The molecule has 1 fully saturated rings. The number of rotatable bonds is 6. The number of methoxy groups -OCH3 is 1. The number of carbonyl (C=O) groups excluding carboxylic acids is 1. The molecule has 1 aliphatic rings. The van der Waals surface area contributed by atoms with Gasteiger partial charge in [-0.1, -0.05) is 30.3 Å². The van der Waals surface area contributed by atoms with Crippen molar-refractivity contribution in [3.05, 3.63) is 41.5 Å². The second-order valence-corrected chi connectivity index (χ2v) is 7.84. The average Bonchev–Trinajstić information content (AvgIpc) is 3.18. The number of benzene rings is 1. The lowest BCUT2D eigenvalue weighted by molar-refractivity contribution is -0.138. The Bertz CT molecular complexity index is 986. The van der Waals surface area contributed by atoms with Crippen molar-refractivity contribution in [1.82, 2.24) is 14.9 Å². The third-order valence-electron chi connectivity index (χ3n) is 4.97. The Labute approximate surface area is 173 Å². The van der Waals surface area contributed by atoms with Crippen molar-refractivity contribution in [3.63, 3.8) is 0 Å². The molecule has 0 radical (unpaired) electrons. The SMILES string of the molecule is COC(=O)CN(C)c1nc(CN2CCOCC2)nc2scc(-c3ccccc3)c12. The van der Waals surface area contributed by atoms with Crippen LogP contribution in [0, 0.1) is 0 Å².